The zero-order chi connectivity index (χ0) is 17.0. The molecule has 0 radical (unpaired) electrons. The van der Waals surface area contributed by atoms with Crippen LogP contribution >= 0.6 is 0 Å². The molecular formula is C15H23N3O5. The van der Waals surface area contributed by atoms with Crippen LogP contribution in [0.15, 0.2) is 12.1 Å². The van der Waals surface area contributed by atoms with Gasteiger partial charge in [-0.25, -0.2) is 9.59 Å². The molecule has 0 bridgehead atoms. The Hall–Kier alpha value is -2.38. The van der Waals surface area contributed by atoms with Crippen molar-refractivity contribution in [1.29, 1.82) is 0 Å². The summed E-state index contributed by atoms with van der Waals surface area (Å²) in [5.74, 6) is -1.17. The van der Waals surface area contributed by atoms with Crippen molar-refractivity contribution < 1.29 is 24.6 Å². The number of nitrogens with one attached hydrogen (secondary N) is 1. The van der Waals surface area contributed by atoms with Gasteiger partial charge in [0.15, 0.2) is 0 Å². The summed E-state index contributed by atoms with van der Waals surface area (Å²) in [7, 11) is 1.79. The molecule has 128 valence electrons. The number of urea groups is 1. The van der Waals surface area contributed by atoms with Crippen LogP contribution in [-0.2, 0) is 4.79 Å². The molecule has 0 aromatic carbocycles. The standard InChI is InChI=1S/C15H23N3O5/c1-10-11(17(2)15(22)16-10)6-4-3-5-7-14(21)23-18-12(19)8-9-13(18)20/h8-11,19-20H,3-7H2,1-2H3,(H,16,22)/t10-,11+/m0/s1. The van der Waals surface area contributed by atoms with Gasteiger partial charge in [-0.15, -0.1) is 4.73 Å². The van der Waals surface area contributed by atoms with E-state index in [1.165, 1.54) is 12.1 Å². The van der Waals surface area contributed by atoms with Crippen LogP contribution in [0.1, 0.15) is 39.0 Å². The Labute approximate surface area is 134 Å². The average Bonchev–Trinajstić information content (AvgIpc) is 2.93. The van der Waals surface area contributed by atoms with Crippen LogP contribution in [0.4, 0.5) is 4.79 Å². The molecule has 0 unspecified atom stereocenters. The highest BCUT2D eigenvalue weighted by molar-refractivity contribution is 5.77. The van der Waals surface area contributed by atoms with E-state index in [2.05, 4.69) is 5.32 Å². The van der Waals surface area contributed by atoms with E-state index in [0.29, 0.717) is 11.2 Å². The maximum absolute atomic E-state index is 11.7. The highest BCUT2D eigenvalue weighted by atomic mass is 16.7. The molecule has 3 N–H and O–H groups in total. The fourth-order valence-corrected chi connectivity index (χ4v) is 2.76. The molecule has 1 aliphatic rings. The molecule has 1 saturated heterocycles. The molecule has 1 fully saturated rings. The lowest BCUT2D eigenvalue weighted by molar-refractivity contribution is -0.145. The summed E-state index contributed by atoms with van der Waals surface area (Å²) in [5.41, 5.74) is 0. The van der Waals surface area contributed by atoms with E-state index in [4.69, 9.17) is 4.84 Å². The fourth-order valence-electron chi connectivity index (χ4n) is 2.76. The highest BCUT2D eigenvalue weighted by Crippen LogP contribution is 2.20. The first-order valence-electron chi connectivity index (χ1n) is 7.74. The number of carbonyl (C=O) groups is 2. The Balaban J connectivity index is 1.64. The van der Waals surface area contributed by atoms with Gasteiger partial charge in [0.2, 0.25) is 11.8 Å². The maximum Gasteiger partial charge on any atom is 0.333 e. The summed E-state index contributed by atoms with van der Waals surface area (Å²) in [6.45, 7) is 1.99. The Bertz CT molecular complexity index is 552. The number of hydrogen-bond donors (Lipinski definition) is 3. The van der Waals surface area contributed by atoms with Crippen molar-refractivity contribution in [2.75, 3.05) is 7.05 Å². The minimum absolute atomic E-state index is 0.0441. The van der Waals surface area contributed by atoms with Gasteiger partial charge in [0.1, 0.15) is 0 Å². The Morgan fingerprint density at radius 2 is 1.91 bits per heavy atom. The Morgan fingerprint density at radius 3 is 2.48 bits per heavy atom. The molecular weight excluding hydrogens is 302 g/mol. The molecule has 0 spiro atoms. The monoisotopic (exact) mass is 325 g/mol. The highest BCUT2D eigenvalue weighted by Gasteiger charge is 2.32. The molecule has 1 aromatic heterocycles. The van der Waals surface area contributed by atoms with E-state index in [9.17, 15) is 19.8 Å². The topological polar surface area (TPSA) is 104 Å². The van der Waals surface area contributed by atoms with E-state index >= 15 is 0 Å². The fraction of sp³-hybridized carbons (Fsp3) is 0.600. The SMILES string of the molecule is C[C@@H]1NC(=O)N(C)[C@@H]1CCCCCC(=O)On1c(O)ccc1O. The largest absolute Gasteiger partial charge is 0.492 e. The van der Waals surface area contributed by atoms with E-state index < -0.39 is 5.97 Å². The van der Waals surface area contributed by atoms with Crippen LogP contribution in [-0.4, -0.2) is 51.0 Å². The van der Waals surface area contributed by atoms with Gasteiger partial charge < -0.3 is 25.3 Å². The number of aromatic nitrogens is 1. The van der Waals surface area contributed by atoms with E-state index in [1.807, 2.05) is 6.92 Å². The quantitative estimate of drug-likeness (QED) is 0.654. The predicted molar refractivity (Wildman–Crippen MR) is 82.0 cm³/mol. The van der Waals surface area contributed by atoms with Gasteiger partial charge in [-0.3, -0.25) is 0 Å². The van der Waals surface area contributed by atoms with E-state index in [1.54, 1.807) is 11.9 Å². The first kappa shape index (κ1) is 17.0. The molecule has 2 amide bonds. The van der Waals surface area contributed by atoms with Crippen LogP contribution in [0.5, 0.6) is 11.8 Å². The summed E-state index contributed by atoms with van der Waals surface area (Å²) < 4.78 is 0.689. The van der Waals surface area contributed by atoms with Gasteiger partial charge in [-0.1, -0.05) is 12.8 Å². The van der Waals surface area contributed by atoms with Crippen molar-refractivity contribution in [3.8, 4) is 11.8 Å². The third-order valence-corrected chi connectivity index (χ3v) is 4.12. The second kappa shape index (κ2) is 7.26. The van der Waals surface area contributed by atoms with Crippen molar-refractivity contribution in [3.05, 3.63) is 12.1 Å². The molecule has 2 heterocycles. The number of carbonyl (C=O) groups excluding carboxylic acids is 2. The van der Waals surface area contributed by atoms with Crippen molar-refractivity contribution in [2.45, 2.75) is 51.1 Å². The molecule has 0 aliphatic carbocycles. The van der Waals surface area contributed by atoms with Crippen LogP contribution in [0.25, 0.3) is 0 Å². The number of aromatic hydroxyl groups is 2. The van der Waals surface area contributed by atoms with Crippen molar-refractivity contribution >= 4 is 12.0 Å². The van der Waals surface area contributed by atoms with Gasteiger partial charge in [0.25, 0.3) is 0 Å². The smallest absolute Gasteiger partial charge is 0.333 e. The molecule has 1 aliphatic heterocycles. The third kappa shape index (κ3) is 4.08. The minimum Gasteiger partial charge on any atom is -0.492 e. The normalized spacial score (nSPS) is 20.6. The second-order valence-corrected chi connectivity index (χ2v) is 5.82. The van der Waals surface area contributed by atoms with Gasteiger partial charge in [0, 0.05) is 31.6 Å². The zero-order valence-electron chi connectivity index (χ0n) is 13.4. The number of unbranched alkanes of at least 4 members (excludes halogenated alkanes) is 2. The first-order chi connectivity index (χ1) is 10.9. The van der Waals surface area contributed by atoms with Crippen molar-refractivity contribution in [2.24, 2.45) is 0 Å². The number of hydrogen-bond acceptors (Lipinski definition) is 5. The summed E-state index contributed by atoms with van der Waals surface area (Å²) in [6.07, 6.45) is 3.47. The summed E-state index contributed by atoms with van der Waals surface area (Å²) in [6, 6.07) is 2.74. The molecule has 0 saturated carbocycles. The van der Waals surface area contributed by atoms with E-state index in [0.717, 1.165) is 19.3 Å². The van der Waals surface area contributed by atoms with Crippen molar-refractivity contribution in [1.82, 2.24) is 14.9 Å². The minimum atomic E-state index is -0.519. The molecule has 8 heteroatoms. The van der Waals surface area contributed by atoms with Gasteiger partial charge in [-0.2, -0.15) is 0 Å². The maximum atomic E-state index is 11.7. The Kier molecular flexibility index (Phi) is 5.36. The van der Waals surface area contributed by atoms with Gasteiger partial charge in [-0.05, 0) is 19.8 Å². The third-order valence-electron chi connectivity index (χ3n) is 4.12. The lowest BCUT2D eigenvalue weighted by Gasteiger charge is -2.20. The van der Waals surface area contributed by atoms with Crippen LogP contribution in [0.3, 0.4) is 0 Å². The van der Waals surface area contributed by atoms with E-state index in [-0.39, 0.29) is 36.3 Å². The van der Waals surface area contributed by atoms with Crippen LogP contribution in [0, 0.1) is 0 Å². The predicted octanol–water partition coefficient (Wildman–Crippen LogP) is 1.22. The number of rotatable bonds is 7. The second-order valence-electron chi connectivity index (χ2n) is 5.82. The van der Waals surface area contributed by atoms with Crippen molar-refractivity contribution in [3.63, 3.8) is 0 Å². The zero-order valence-corrected chi connectivity index (χ0v) is 13.4. The molecule has 2 atom stereocenters. The lowest BCUT2D eigenvalue weighted by Crippen LogP contribution is -2.32. The average molecular weight is 325 g/mol. The number of amides is 2. The Morgan fingerprint density at radius 1 is 1.26 bits per heavy atom. The van der Waals surface area contributed by atoms with Gasteiger partial charge in [0.05, 0.1) is 6.04 Å². The van der Waals surface area contributed by atoms with Crippen LogP contribution in [0.2, 0.25) is 0 Å². The summed E-state index contributed by atoms with van der Waals surface area (Å²) in [4.78, 5) is 29.7. The molecule has 23 heavy (non-hydrogen) atoms. The number of likely N-dealkylation sites (N-methyl/N-ethyl adjacent to an activating group) is 1. The summed E-state index contributed by atoms with van der Waals surface area (Å²) in [5, 5.41) is 21.6. The molecule has 8 nitrogen and oxygen atoms in total. The molecule has 2 rings (SSSR count). The van der Waals surface area contributed by atoms with Gasteiger partial charge >= 0.3 is 12.0 Å². The number of nitrogens with zero attached hydrogens (tertiary/aromatic N) is 2. The first-order valence-corrected chi connectivity index (χ1v) is 7.74. The summed E-state index contributed by atoms with van der Waals surface area (Å²) >= 11 is 0. The lowest BCUT2D eigenvalue weighted by atomic mass is 10.0. The molecule has 1 aromatic rings. The van der Waals surface area contributed by atoms with Crippen LogP contribution < -0.4 is 10.2 Å².